The number of hydrogen-bond donors (Lipinski definition) is 2. The Morgan fingerprint density at radius 2 is 1.88 bits per heavy atom. The number of carbonyl (C=O) groups excluding carboxylic acids is 2. The maximum absolute atomic E-state index is 13.0. The molecule has 2 heterocycles. The molecule has 26 heavy (non-hydrogen) atoms. The average Bonchev–Trinajstić information content (AvgIpc) is 3.10. The van der Waals surface area contributed by atoms with Crippen LogP contribution in [0.3, 0.4) is 0 Å². The lowest BCUT2D eigenvalue weighted by atomic mass is 9.90. The van der Waals surface area contributed by atoms with Gasteiger partial charge in [-0.3, -0.25) is 14.4 Å². The van der Waals surface area contributed by atoms with E-state index in [2.05, 4.69) is 0 Å². The quantitative estimate of drug-likeness (QED) is 0.852. The summed E-state index contributed by atoms with van der Waals surface area (Å²) in [4.78, 5) is 40.3. The summed E-state index contributed by atoms with van der Waals surface area (Å²) in [5.74, 6) is -2.00. The Labute approximate surface area is 152 Å². The summed E-state index contributed by atoms with van der Waals surface area (Å²) in [7, 11) is 0. The zero-order chi connectivity index (χ0) is 18.8. The van der Waals surface area contributed by atoms with Gasteiger partial charge in [0.25, 0.3) is 5.91 Å². The number of aromatic hydroxyl groups is 1. The standard InChI is InChI=1S/C19H24N2O5/c1-12-9-13(19(25)26)11-20(10-12)18(24)15-6-4-8-21(15)17(23)14-5-2-3-7-16(14)22/h2-3,5,7,12-13,15,22H,4,6,8-11H2,1H3,(H,25,26). The Kier molecular flexibility index (Phi) is 5.15. The third-order valence-corrected chi connectivity index (χ3v) is 5.25. The highest BCUT2D eigenvalue weighted by Gasteiger charge is 2.40. The van der Waals surface area contributed by atoms with Crippen LogP contribution in [0.2, 0.25) is 0 Å². The monoisotopic (exact) mass is 360 g/mol. The first kappa shape index (κ1) is 18.2. The van der Waals surface area contributed by atoms with Crippen LogP contribution in [0, 0.1) is 11.8 Å². The summed E-state index contributed by atoms with van der Waals surface area (Å²) in [6.45, 7) is 3.09. The Hall–Kier alpha value is -2.57. The van der Waals surface area contributed by atoms with E-state index in [4.69, 9.17) is 0 Å². The molecule has 7 heteroatoms. The Bertz CT molecular complexity index is 720. The van der Waals surface area contributed by atoms with Crippen LogP contribution in [0.5, 0.6) is 5.75 Å². The van der Waals surface area contributed by atoms with E-state index in [-0.39, 0.29) is 35.6 Å². The molecule has 0 aliphatic carbocycles. The summed E-state index contributed by atoms with van der Waals surface area (Å²) >= 11 is 0. The Morgan fingerprint density at radius 3 is 2.58 bits per heavy atom. The molecule has 140 valence electrons. The third-order valence-electron chi connectivity index (χ3n) is 5.25. The molecular weight excluding hydrogens is 336 g/mol. The van der Waals surface area contributed by atoms with Crippen molar-refractivity contribution in [1.29, 1.82) is 0 Å². The smallest absolute Gasteiger partial charge is 0.308 e. The number of piperidine rings is 1. The molecule has 2 saturated heterocycles. The van der Waals surface area contributed by atoms with Crippen molar-refractivity contribution in [3.63, 3.8) is 0 Å². The molecule has 2 aliphatic heterocycles. The van der Waals surface area contributed by atoms with Crippen LogP contribution in [0.1, 0.15) is 36.5 Å². The Balaban J connectivity index is 1.77. The van der Waals surface area contributed by atoms with E-state index in [1.54, 1.807) is 23.1 Å². The number of aliphatic carboxylic acids is 1. The van der Waals surface area contributed by atoms with Crippen molar-refractivity contribution in [3.8, 4) is 5.75 Å². The molecule has 3 atom stereocenters. The largest absolute Gasteiger partial charge is 0.507 e. The van der Waals surface area contributed by atoms with E-state index in [1.165, 1.54) is 11.0 Å². The lowest BCUT2D eigenvalue weighted by molar-refractivity contribution is -0.148. The van der Waals surface area contributed by atoms with E-state index in [0.717, 1.165) is 0 Å². The second-order valence-electron chi connectivity index (χ2n) is 7.29. The lowest BCUT2D eigenvalue weighted by Gasteiger charge is -2.37. The number of hydrogen-bond acceptors (Lipinski definition) is 4. The highest BCUT2D eigenvalue weighted by molar-refractivity contribution is 6.00. The molecule has 0 bridgehead atoms. The van der Waals surface area contributed by atoms with Gasteiger partial charge in [-0.15, -0.1) is 0 Å². The van der Waals surface area contributed by atoms with Gasteiger partial charge < -0.3 is 20.0 Å². The number of nitrogens with zero attached hydrogens (tertiary/aromatic N) is 2. The minimum absolute atomic E-state index is 0.104. The fourth-order valence-corrected chi connectivity index (χ4v) is 4.00. The van der Waals surface area contributed by atoms with Crippen molar-refractivity contribution in [2.75, 3.05) is 19.6 Å². The fraction of sp³-hybridized carbons (Fsp3) is 0.526. The van der Waals surface area contributed by atoms with Crippen molar-refractivity contribution < 1.29 is 24.6 Å². The molecule has 7 nitrogen and oxygen atoms in total. The minimum atomic E-state index is -0.886. The minimum Gasteiger partial charge on any atom is -0.507 e. The maximum Gasteiger partial charge on any atom is 0.308 e. The van der Waals surface area contributed by atoms with Crippen molar-refractivity contribution >= 4 is 17.8 Å². The molecule has 0 radical (unpaired) electrons. The van der Waals surface area contributed by atoms with Crippen LogP contribution < -0.4 is 0 Å². The van der Waals surface area contributed by atoms with Crippen LogP contribution in [-0.4, -0.2) is 63.5 Å². The third kappa shape index (κ3) is 3.52. The van der Waals surface area contributed by atoms with Gasteiger partial charge in [0.1, 0.15) is 11.8 Å². The number of benzene rings is 1. The molecule has 1 aromatic rings. The SMILES string of the molecule is CC1CC(C(=O)O)CN(C(=O)C2CCCN2C(=O)c2ccccc2O)C1. The van der Waals surface area contributed by atoms with Crippen molar-refractivity contribution in [1.82, 2.24) is 9.80 Å². The van der Waals surface area contributed by atoms with Gasteiger partial charge in [0.2, 0.25) is 5.91 Å². The molecule has 0 aromatic heterocycles. The maximum atomic E-state index is 13.0. The number of carboxylic acid groups (broad SMARTS) is 1. The van der Waals surface area contributed by atoms with Gasteiger partial charge in [-0.1, -0.05) is 19.1 Å². The molecular formula is C19H24N2O5. The molecule has 3 rings (SSSR count). The van der Waals surface area contributed by atoms with Crippen molar-refractivity contribution in [2.45, 2.75) is 32.2 Å². The van der Waals surface area contributed by atoms with Gasteiger partial charge in [0.05, 0.1) is 11.5 Å². The van der Waals surface area contributed by atoms with Crippen LogP contribution in [0.15, 0.2) is 24.3 Å². The second kappa shape index (κ2) is 7.35. The zero-order valence-electron chi connectivity index (χ0n) is 14.8. The number of rotatable bonds is 3. The number of carbonyl (C=O) groups is 3. The van der Waals surface area contributed by atoms with E-state index in [1.807, 2.05) is 6.92 Å². The van der Waals surface area contributed by atoms with Crippen LogP contribution >= 0.6 is 0 Å². The van der Waals surface area contributed by atoms with Crippen LogP contribution in [-0.2, 0) is 9.59 Å². The summed E-state index contributed by atoms with van der Waals surface area (Å²) in [6.07, 6.45) is 1.83. The summed E-state index contributed by atoms with van der Waals surface area (Å²) in [6, 6.07) is 5.70. The molecule has 3 unspecified atom stereocenters. The van der Waals surface area contributed by atoms with Gasteiger partial charge in [-0.05, 0) is 37.3 Å². The zero-order valence-corrected chi connectivity index (χ0v) is 14.8. The second-order valence-corrected chi connectivity index (χ2v) is 7.29. The molecule has 1 aromatic carbocycles. The Morgan fingerprint density at radius 1 is 1.15 bits per heavy atom. The average molecular weight is 360 g/mol. The number of para-hydroxylation sites is 1. The summed E-state index contributed by atoms with van der Waals surface area (Å²) < 4.78 is 0. The number of carboxylic acids is 1. The molecule has 2 aliphatic rings. The van der Waals surface area contributed by atoms with Gasteiger partial charge in [-0.25, -0.2) is 0 Å². The van der Waals surface area contributed by atoms with E-state index in [9.17, 15) is 24.6 Å². The first-order valence-corrected chi connectivity index (χ1v) is 8.99. The fourth-order valence-electron chi connectivity index (χ4n) is 4.00. The predicted molar refractivity (Wildman–Crippen MR) is 93.7 cm³/mol. The summed E-state index contributed by atoms with van der Waals surface area (Å²) in [5.41, 5.74) is 0.183. The highest BCUT2D eigenvalue weighted by Crippen LogP contribution is 2.28. The van der Waals surface area contributed by atoms with Gasteiger partial charge in [-0.2, -0.15) is 0 Å². The van der Waals surface area contributed by atoms with E-state index < -0.39 is 17.9 Å². The topological polar surface area (TPSA) is 98.2 Å². The first-order chi connectivity index (χ1) is 12.4. The predicted octanol–water partition coefficient (Wildman–Crippen LogP) is 1.57. The number of likely N-dealkylation sites (tertiary alicyclic amines) is 2. The van der Waals surface area contributed by atoms with Crippen LogP contribution in [0.4, 0.5) is 0 Å². The number of amides is 2. The first-order valence-electron chi connectivity index (χ1n) is 8.99. The molecule has 0 spiro atoms. The summed E-state index contributed by atoms with van der Waals surface area (Å²) in [5, 5.41) is 19.2. The van der Waals surface area contributed by atoms with Crippen LogP contribution in [0.25, 0.3) is 0 Å². The molecule has 0 saturated carbocycles. The lowest BCUT2D eigenvalue weighted by Crippen LogP contribution is -2.53. The van der Waals surface area contributed by atoms with E-state index >= 15 is 0 Å². The van der Waals surface area contributed by atoms with E-state index in [0.29, 0.717) is 32.4 Å². The van der Waals surface area contributed by atoms with Crippen molar-refractivity contribution in [2.24, 2.45) is 11.8 Å². The highest BCUT2D eigenvalue weighted by atomic mass is 16.4. The number of phenolic OH excluding ortho intramolecular Hbond substituents is 1. The van der Waals surface area contributed by atoms with Gasteiger partial charge in [0.15, 0.2) is 0 Å². The molecule has 2 N–H and O–H groups in total. The number of phenols is 1. The molecule has 2 amide bonds. The molecule has 2 fully saturated rings. The van der Waals surface area contributed by atoms with Gasteiger partial charge >= 0.3 is 5.97 Å². The van der Waals surface area contributed by atoms with Crippen molar-refractivity contribution in [3.05, 3.63) is 29.8 Å². The van der Waals surface area contributed by atoms with Gasteiger partial charge in [0, 0.05) is 19.6 Å². The normalized spacial score (nSPS) is 26.0.